The van der Waals surface area contributed by atoms with Crippen molar-refractivity contribution in [3.8, 4) is 17.2 Å². The van der Waals surface area contributed by atoms with Gasteiger partial charge >= 0.3 is 0 Å². The molecular weight excluding hydrogens is 270 g/mol. The molecule has 0 bridgehead atoms. The van der Waals surface area contributed by atoms with Gasteiger partial charge in [0.25, 0.3) is 0 Å². The highest BCUT2D eigenvalue weighted by molar-refractivity contribution is 5.90. The number of fused-ring (bicyclic) bond motifs is 1. The summed E-state index contributed by atoms with van der Waals surface area (Å²) in [7, 11) is 4.79. The van der Waals surface area contributed by atoms with Crippen LogP contribution in [-0.2, 0) is 6.54 Å². The first-order valence-corrected chi connectivity index (χ1v) is 6.86. The van der Waals surface area contributed by atoms with E-state index in [1.165, 1.54) is 0 Å². The largest absolute Gasteiger partial charge is 0.493 e. The first kappa shape index (κ1) is 15.5. The highest BCUT2D eigenvalue weighted by atomic mass is 16.5. The van der Waals surface area contributed by atoms with Gasteiger partial charge in [-0.3, -0.25) is 0 Å². The van der Waals surface area contributed by atoms with Crippen molar-refractivity contribution in [1.29, 1.82) is 0 Å². The molecule has 0 unspecified atom stereocenters. The smallest absolute Gasteiger partial charge is 0.204 e. The van der Waals surface area contributed by atoms with Crippen molar-refractivity contribution in [1.82, 2.24) is 5.32 Å². The van der Waals surface area contributed by atoms with Crippen LogP contribution in [0.25, 0.3) is 11.0 Å². The Balaban J connectivity index is 2.46. The third-order valence-corrected chi connectivity index (χ3v) is 3.17. The minimum Gasteiger partial charge on any atom is -0.493 e. The van der Waals surface area contributed by atoms with Gasteiger partial charge in [0.2, 0.25) is 5.75 Å². The Morgan fingerprint density at radius 2 is 1.67 bits per heavy atom. The van der Waals surface area contributed by atoms with E-state index in [0.29, 0.717) is 23.8 Å². The van der Waals surface area contributed by atoms with Crippen LogP contribution in [0.4, 0.5) is 0 Å². The molecule has 0 aliphatic rings. The van der Waals surface area contributed by atoms with Crippen LogP contribution in [-0.4, -0.2) is 26.9 Å². The lowest BCUT2D eigenvalue weighted by molar-refractivity contribution is 0.326. The molecule has 0 atom stereocenters. The third kappa shape index (κ3) is 3.24. The Kier molecular flexibility index (Phi) is 4.32. The number of nitrogens with one attached hydrogen (secondary N) is 1. The molecule has 1 aromatic carbocycles. The SMILES string of the molecule is COc1cc2oc(CNC(C)(C)C)cc2c(OC)c1OC. The van der Waals surface area contributed by atoms with E-state index in [4.69, 9.17) is 18.6 Å². The zero-order valence-corrected chi connectivity index (χ0v) is 13.5. The maximum Gasteiger partial charge on any atom is 0.204 e. The summed E-state index contributed by atoms with van der Waals surface area (Å²) in [6.07, 6.45) is 0. The van der Waals surface area contributed by atoms with E-state index in [0.717, 1.165) is 16.7 Å². The molecule has 21 heavy (non-hydrogen) atoms. The highest BCUT2D eigenvalue weighted by Crippen LogP contribution is 2.44. The van der Waals surface area contributed by atoms with Crippen molar-refractivity contribution >= 4 is 11.0 Å². The molecule has 0 aliphatic carbocycles. The van der Waals surface area contributed by atoms with Crippen LogP contribution in [0.5, 0.6) is 17.2 Å². The van der Waals surface area contributed by atoms with Gasteiger partial charge < -0.3 is 23.9 Å². The number of ether oxygens (including phenoxy) is 3. The van der Waals surface area contributed by atoms with Crippen molar-refractivity contribution in [2.75, 3.05) is 21.3 Å². The van der Waals surface area contributed by atoms with Crippen LogP contribution in [0, 0.1) is 0 Å². The standard InChI is InChI=1S/C16H23NO4/c1-16(2,3)17-9-10-7-11-12(21-10)8-13(18-4)15(20-6)14(11)19-5/h7-8,17H,9H2,1-6H3. The van der Waals surface area contributed by atoms with Gasteiger partial charge in [0.05, 0.1) is 33.3 Å². The Bertz CT molecular complexity index is 625. The van der Waals surface area contributed by atoms with Crippen LogP contribution in [0.3, 0.4) is 0 Å². The van der Waals surface area contributed by atoms with Crippen molar-refractivity contribution in [2.45, 2.75) is 32.9 Å². The van der Waals surface area contributed by atoms with Crippen LogP contribution in [0.2, 0.25) is 0 Å². The maximum atomic E-state index is 5.87. The van der Waals surface area contributed by atoms with Crippen molar-refractivity contribution in [3.05, 3.63) is 17.9 Å². The van der Waals surface area contributed by atoms with Gasteiger partial charge in [-0.2, -0.15) is 0 Å². The van der Waals surface area contributed by atoms with E-state index in [1.807, 2.05) is 12.1 Å². The monoisotopic (exact) mass is 293 g/mol. The van der Waals surface area contributed by atoms with Crippen molar-refractivity contribution in [3.63, 3.8) is 0 Å². The number of rotatable bonds is 5. The lowest BCUT2D eigenvalue weighted by atomic mass is 10.1. The van der Waals surface area contributed by atoms with Gasteiger partial charge in [-0.05, 0) is 26.8 Å². The number of methoxy groups -OCH3 is 3. The highest BCUT2D eigenvalue weighted by Gasteiger charge is 2.19. The Morgan fingerprint density at radius 3 is 2.19 bits per heavy atom. The van der Waals surface area contributed by atoms with E-state index in [9.17, 15) is 0 Å². The average Bonchev–Trinajstić information content (AvgIpc) is 2.84. The lowest BCUT2D eigenvalue weighted by Crippen LogP contribution is -2.34. The third-order valence-electron chi connectivity index (χ3n) is 3.17. The molecular formula is C16H23NO4. The van der Waals surface area contributed by atoms with Crippen LogP contribution < -0.4 is 19.5 Å². The zero-order valence-electron chi connectivity index (χ0n) is 13.5. The lowest BCUT2D eigenvalue weighted by Gasteiger charge is -2.19. The molecule has 5 heteroatoms. The topological polar surface area (TPSA) is 52.9 Å². The van der Waals surface area contributed by atoms with Gasteiger partial charge in [-0.1, -0.05) is 0 Å². The summed E-state index contributed by atoms with van der Waals surface area (Å²) in [5, 5.41) is 4.27. The van der Waals surface area contributed by atoms with E-state index in [1.54, 1.807) is 21.3 Å². The van der Waals surface area contributed by atoms with Crippen LogP contribution in [0.15, 0.2) is 16.5 Å². The van der Waals surface area contributed by atoms with Crippen LogP contribution in [0.1, 0.15) is 26.5 Å². The molecule has 0 saturated carbocycles. The predicted octanol–water partition coefficient (Wildman–Crippen LogP) is 3.35. The quantitative estimate of drug-likeness (QED) is 0.916. The molecule has 1 heterocycles. The molecule has 1 N–H and O–H groups in total. The molecule has 0 spiro atoms. The number of benzene rings is 1. The maximum absolute atomic E-state index is 5.87. The van der Waals surface area contributed by atoms with Gasteiger partial charge in [0.1, 0.15) is 11.3 Å². The van der Waals surface area contributed by atoms with Gasteiger partial charge in [-0.15, -0.1) is 0 Å². The van der Waals surface area contributed by atoms with Crippen molar-refractivity contribution < 1.29 is 18.6 Å². The Labute approximate surface area is 125 Å². The van der Waals surface area contributed by atoms with Gasteiger partial charge in [0.15, 0.2) is 11.5 Å². The molecule has 2 aromatic rings. The summed E-state index contributed by atoms with van der Waals surface area (Å²) in [5.74, 6) is 2.63. The molecule has 116 valence electrons. The number of hydrogen-bond donors (Lipinski definition) is 1. The first-order chi connectivity index (χ1) is 9.89. The molecule has 2 rings (SSSR count). The number of hydrogen-bond acceptors (Lipinski definition) is 5. The molecule has 0 aliphatic heterocycles. The molecule has 0 fully saturated rings. The summed E-state index contributed by atoms with van der Waals surface area (Å²) < 4.78 is 22.0. The normalized spacial score (nSPS) is 11.7. The van der Waals surface area contributed by atoms with E-state index in [-0.39, 0.29) is 5.54 Å². The minimum atomic E-state index is 0.0262. The average molecular weight is 293 g/mol. The minimum absolute atomic E-state index is 0.0262. The van der Waals surface area contributed by atoms with E-state index >= 15 is 0 Å². The summed E-state index contributed by atoms with van der Waals surface area (Å²) >= 11 is 0. The van der Waals surface area contributed by atoms with E-state index < -0.39 is 0 Å². The first-order valence-electron chi connectivity index (χ1n) is 6.86. The van der Waals surface area contributed by atoms with Gasteiger partial charge in [0, 0.05) is 11.6 Å². The summed E-state index contributed by atoms with van der Waals surface area (Å²) in [6, 6.07) is 3.78. The zero-order chi connectivity index (χ0) is 15.6. The fraction of sp³-hybridized carbons (Fsp3) is 0.500. The number of furan rings is 1. The second-order valence-electron chi connectivity index (χ2n) is 5.87. The fourth-order valence-electron chi connectivity index (χ4n) is 2.15. The van der Waals surface area contributed by atoms with Gasteiger partial charge in [-0.25, -0.2) is 0 Å². The summed E-state index contributed by atoms with van der Waals surface area (Å²) in [6.45, 7) is 6.98. The Hall–Kier alpha value is -1.88. The fourth-order valence-corrected chi connectivity index (χ4v) is 2.15. The van der Waals surface area contributed by atoms with E-state index in [2.05, 4.69) is 26.1 Å². The summed E-state index contributed by atoms with van der Waals surface area (Å²) in [4.78, 5) is 0. The molecule has 5 nitrogen and oxygen atoms in total. The predicted molar refractivity (Wildman–Crippen MR) is 82.5 cm³/mol. The molecule has 0 amide bonds. The second-order valence-corrected chi connectivity index (χ2v) is 5.87. The van der Waals surface area contributed by atoms with Crippen molar-refractivity contribution in [2.24, 2.45) is 0 Å². The summed E-state index contributed by atoms with van der Waals surface area (Å²) in [5.41, 5.74) is 0.744. The van der Waals surface area contributed by atoms with Crippen LogP contribution >= 0.6 is 0 Å². The molecule has 1 aromatic heterocycles. The second kappa shape index (κ2) is 5.85. The Morgan fingerprint density at radius 1 is 1.00 bits per heavy atom. The molecule has 0 radical (unpaired) electrons. The molecule has 0 saturated heterocycles.